The number of aliphatic hydroxyl groups is 1. The molecular formula is C13H19F3N2O2. The summed E-state index contributed by atoms with van der Waals surface area (Å²) in [6.45, 7) is 4.15. The van der Waals surface area contributed by atoms with Crippen LogP contribution in [0.15, 0.2) is 12.1 Å². The number of hydrogen-bond donors (Lipinski definition) is 2. The van der Waals surface area contributed by atoms with Crippen LogP contribution in [0.3, 0.4) is 0 Å². The van der Waals surface area contributed by atoms with Crippen molar-refractivity contribution < 1.29 is 23.0 Å². The molecule has 114 valence electrons. The zero-order valence-corrected chi connectivity index (χ0v) is 11.5. The number of nitrogens with zero attached hydrogens (tertiary/aromatic N) is 1. The highest BCUT2D eigenvalue weighted by atomic mass is 19.4. The molecule has 7 heteroatoms. The first-order valence-corrected chi connectivity index (χ1v) is 6.39. The van der Waals surface area contributed by atoms with E-state index in [-0.39, 0.29) is 5.75 Å². The summed E-state index contributed by atoms with van der Waals surface area (Å²) in [5.74, 6) is 0.252. The van der Waals surface area contributed by atoms with Crippen molar-refractivity contribution in [1.82, 2.24) is 10.3 Å². The van der Waals surface area contributed by atoms with Gasteiger partial charge in [-0.15, -0.1) is 0 Å². The number of aliphatic hydroxyl groups excluding tert-OH is 1. The molecule has 1 rings (SSSR count). The molecular weight excluding hydrogens is 273 g/mol. The quantitative estimate of drug-likeness (QED) is 0.756. The van der Waals surface area contributed by atoms with Gasteiger partial charge < -0.3 is 15.2 Å². The average Bonchev–Trinajstić information content (AvgIpc) is 2.36. The molecule has 1 heterocycles. The van der Waals surface area contributed by atoms with Crippen LogP contribution in [0.5, 0.6) is 5.75 Å². The van der Waals surface area contributed by atoms with Gasteiger partial charge in [0.1, 0.15) is 12.4 Å². The van der Waals surface area contributed by atoms with E-state index in [1.807, 2.05) is 6.92 Å². The molecule has 0 aromatic carbocycles. The lowest BCUT2D eigenvalue weighted by atomic mass is 10.2. The maximum absolute atomic E-state index is 12.2. The van der Waals surface area contributed by atoms with Crippen molar-refractivity contribution in [2.24, 2.45) is 0 Å². The summed E-state index contributed by atoms with van der Waals surface area (Å²) in [7, 11) is 0. The lowest BCUT2D eigenvalue weighted by Gasteiger charge is -2.17. The van der Waals surface area contributed by atoms with E-state index in [0.717, 1.165) is 18.7 Å². The minimum absolute atomic E-state index is 0.252. The van der Waals surface area contributed by atoms with Gasteiger partial charge in [0.15, 0.2) is 6.10 Å². The Morgan fingerprint density at radius 2 is 2.10 bits per heavy atom. The fourth-order valence-corrected chi connectivity index (χ4v) is 1.50. The number of aryl methyl sites for hydroxylation is 1. The molecule has 0 saturated carbocycles. The molecule has 0 radical (unpaired) electrons. The molecule has 4 nitrogen and oxygen atoms in total. The number of pyridine rings is 1. The number of halogens is 3. The van der Waals surface area contributed by atoms with Crippen molar-refractivity contribution in [2.45, 2.75) is 39.1 Å². The van der Waals surface area contributed by atoms with Gasteiger partial charge in [-0.25, -0.2) is 0 Å². The van der Waals surface area contributed by atoms with Gasteiger partial charge in [0.2, 0.25) is 0 Å². The van der Waals surface area contributed by atoms with Crippen LogP contribution in [-0.4, -0.2) is 35.5 Å². The molecule has 2 N–H and O–H groups in total. The fraction of sp³-hybridized carbons (Fsp3) is 0.615. The largest absolute Gasteiger partial charge is 0.489 e. The van der Waals surface area contributed by atoms with E-state index in [1.165, 1.54) is 0 Å². The van der Waals surface area contributed by atoms with Gasteiger partial charge in [-0.3, -0.25) is 4.98 Å². The minimum atomic E-state index is -4.68. The molecule has 1 atom stereocenters. The third kappa shape index (κ3) is 5.34. The van der Waals surface area contributed by atoms with Crippen molar-refractivity contribution in [3.05, 3.63) is 23.5 Å². The van der Waals surface area contributed by atoms with Crippen molar-refractivity contribution in [3.8, 4) is 5.75 Å². The van der Waals surface area contributed by atoms with Crippen molar-refractivity contribution >= 4 is 0 Å². The first-order chi connectivity index (χ1) is 9.34. The molecule has 0 spiro atoms. The summed E-state index contributed by atoms with van der Waals surface area (Å²) in [4.78, 5) is 4.23. The molecule has 0 amide bonds. The highest BCUT2D eigenvalue weighted by molar-refractivity contribution is 5.29. The van der Waals surface area contributed by atoms with Crippen LogP contribution < -0.4 is 10.1 Å². The van der Waals surface area contributed by atoms with Gasteiger partial charge in [0.05, 0.1) is 5.69 Å². The second-order valence-corrected chi connectivity index (χ2v) is 4.44. The van der Waals surface area contributed by atoms with Crippen LogP contribution in [0.1, 0.15) is 24.7 Å². The first kappa shape index (κ1) is 16.7. The monoisotopic (exact) mass is 292 g/mol. The summed E-state index contributed by atoms with van der Waals surface area (Å²) in [5.41, 5.74) is 1.29. The Kier molecular flexibility index (Phi) is 6.22. The third-order valence-electron chi connectivity index (χ3n) is 2.57. The van der Waals surface area contributed by atoms with Crippen LogP contribution in [0, 0.1) is 6.92 Å². The minimum Gasteiger partial charge on any atom is -0.489 e. The summed E-state index contributed by atoms with van der Waals surface area (Å²) in [6.07, 6.45) is -6.24. The highest BCUT2D eigenvalue weighted by Gasteiger charge is 2.38. The number of aromatic nitrogens is 1. The summed E-state index contributed by atoms with van der Waals surface area (Å²) in [6, 6.07) is 3.22. The lowest BCUT2D eigenvalue weighted by molar-refractivity contribution is -0.210. The molecule has 1 aromatic heterocycles. The second kappa shape index (κ2) is 7.44. The van der Waals surface area contributed by atoms with Gasteiger partial charge in [-0.2, -0.15) is 13.2 Å². The van der Waals surface area contributed by atoms with Gasteiger partial charge in [0, 0.05) is 12.2 Å². The highest BCUT2D eigenvalue weighted by Crippen LogP contribution is 2.22. The Morgan fingerprint density at radius 1 is 1.40 bits per heavy atom. The first-order valence-electron chi connectivity index (χ1n) is 6.39. The molecule has 0 fully saturated rings. The Hall–Kier alpha value is -1.34. The van der Waals surface area contributed by atoms with Crippen LogP contribution >= 0.6 is 0 Å². The molecule has 0 saturated heterocycles. The zero-order valence-electron chi connectivity index (χ0n) is 11.5. The number of alkyl halides is 3. The number of nitrogens with one attached hydrogen (secondary N) is 1. The maximum atomic E-state index is 12.2. The van der Waals surface area contributed by atoms with E-state index in [1.54, 1.807) is 19.1 Å². The van der Waals surface area contributed by atoms with Crippen LogP contribution in [0.25, 0.3) is 0 Å². The van der Waals surface area contributed by atoms with Crippen molar-refractivity contribution in [3.63, 3.8) is 0 Å². The van der Waals surface area contributed by atoms with E-state index in [9.17, 15) is 13.2 Å². The Morgan fingerprint density at radius 3 is 2.70 bits per heavy atom. The predicted octanol–water partition coefficient (Wildman–Crippen LogP) is 2.19. The summed E-state index contributed by atoms with van der Waals surface area (Å²) < 4.78 is 41.7. The lowest BCUT2D eigenvalue weighted by Crippen LogP contribution is -2.34. The van der Waals surface area contributed by atoms with Gasteiger partial charge >= 0.3 is 6.18 Å². The Bertz CT molecular complexity index is 425. The van der Waals surface area contributed by atoms with E-state index >= 15 is 0 Å². The second-order valence-electron chi connectivity index (χ2n) is 4.44. The van der Waals surface area contributed by atoms with E-state index in [0.29, 0.717) is 12.2 Å². The number of ether oxygens (including phenoxy) is 1. The molecule has 20 heavy (non-hydrogen) atoms. The average molecular weight is 292 g/mol. The van der Waals surface area contributed by atoms with Crippen molar-refractivity contribution in [1.29, 1.82) is 0 Å². The maximum Gasteiger partial charge on any atom is 0.417 e. The van der Waals surface area contributed by atoms with Crippen LogP contribution in [0.2, 0.25) is 0 Å². The normalized spacial score (nSPS) is 13.3. The molecule has 0 aliphatic heterocycles. The topological polar surface area (TPSA) is 54.4 Å². The van der Waals surface area contributed by atoms with E-state index in [4.69, 9.17) is 9.84 Å². The van der Waals surface area contributed by atoms with E-state index < -0.39 is 18.9 Å². The number of hydrogen-bond acceptors (Lipinski definition) is 4. The molecule has 0 aliphatic rings. The SMILES string of the molecule is CCCNCc1nc(C)ccc1OCC(O)C(F)(F)F. The molecule has 0 aliphatic carbocycles. The predicted molar refractivity (Wildman–Crippen MR) is 68.5 cm³/mol. The van der Waals surface area contributed by atoms with Crippen LogP contribution in [-0.2, 0) is 6.54 Å². The Balaban J connectivity index is 2.68. The third-order valence-corrected chi connectivity index (χ3v) is 2.57. The fourth-order valence-electron chi connectivity index (χ4n) is 1.50. The molecule has 1 aromatic rings. The smallest absolute Gasteiger partial charge is 0.417 e. The number of rotatable bonds is 7. The van der Waals surface area contributed by atoms with Gasteiger partial charge in [0.25, 0.3) is 0 Å². The Labute approximate surface area is 116 Å². The van der Waals surface area contributed by atoms with Gasteiger partial charge in [-0.1, -0.05) is 6.92 Å². The van der Waals surface area contributed by atoms with E-state index in [2.05, 4.69) is 10.3 Å². The molecule has 1 unspecified atom stereocenters. The summed E-state index contributed by atoms with van der Waals surface area (Å²) in [5, 5.41) is 12.0. The van der Waals surface area contributed by atoms with Crippen LogP contribution in [0.4, 0.5) is 13.2 Å². The van der Waals surface area contributed by atoms with Crippen molar-refractivity contribution in [2.75, 3.05) is 13.2 Å². The zero-order chi connectivity index (χ0) is 15.2. The van der Waals surface area contributed by atoms with Gasteiger partial charge in [-0.05, 0) is 32.0 Å². The summed E-state index contributed by atoms with van der Waals surface area (Å²) >= 11 is 0. The standard InChI is InChI=1S/C13H19F3N2O2/c1-3-6-17-7-10-11(5-4-9(2)18-10)20-8-12(19)13(14,15)16/h4-5,12,17,19H,3,6-8H2,1-2H3. The molecule has 0 bridgehead atoms.